The Bertz CT molecular complexity index is 863. The SMILES string of the molecule is C[C@@H]1CCCC[C@@H]1N1C(=O)C(=O)N(CC(=O)Nc2ccc(N3CCCCC3)cc2)C1=O. The Labute approximate surface area is 182 Å². The summed E-state index contributed by atoms with van der Waals surface area (Å²) in [4.78, 5) is 54.4. The molecular weight excluding hydrogens is 396 g/mol. The van der Waals surface area contributed by atoms with Gasteiger partial charge >= 0.3 is 17.8 Å². The lowest BCUT2D eigenvalue weighted by Gasteiger charge is -2.34. The van der Waals surface area contributed by atoms with E-state index in [0.717, 1.165) is 47.8 Å². The summed E-state index contributed by atoms with van der Waals surface area (Å²) in [5.41, 5.74) is 1.71. The topological polar surface area (TPSA) is 90.0 Å². The largest absolute Gasteiger partial charge is 0.372 e. The zero-order valence-corrected chi connectivity index (χ0v) is 18.0. The quantitative estimate of drug-likeness (QED) is 0.577. The molecule has 8 nitrogen and oxygen atoms in total. The van der Waals surface area contributed by atoms with Crippen molar-refractivity contribution in [3.8, 4) is 0 Å². The first-order chi connectivity index (χ1) is 15.0. The molecule has 2 aliphatic heterocycles. The smallest absolute Gasteiger partial charge is 0.334 e. The highest BCUT2D eigenvalue weighted by atomic mass is 16.2. The van der Waals surface area contributed by atoms with Crippen molar-refractivity contribution in [2.45, 2.75) is 57.9 Å². The van der Waals surface area contributed by atoms with Gasteiger partial charge in [0.1, 0.15) is 6.54 Å². The molecule has 0 bridgehead atoms. The van der Waals surface area contributed by atoms with Crippen LogP contribution >= 0.6 is 0 Å². The van der Waals surface area contributed by atoms with Gasteiger partial charge in [-0.2, -0.15) is 0 Å². The van der Waals surface area contributed by atoms with E-state index in [1.807, 2.05) is 31.2 Å². The second-order valence-corrected chi connectivity index (χ2v) is 8.82. The Morgan fingerprint density at radius 2 is 1.61 bits per heavy atom. The van der Waals surface area contributed by atoms with Crippen LogP contribution in [0, 0.1) is 5.92 Å². The molecule has 2 atom stereocenters. The molecule has 0 unspecified atom stereocenters. The number of urea groups is 1. The number of piperidine rings is 1. The molecular formula is C23H30N4O4. The Balaban J connectivity index is 1.37. The van der Waals surface area contributed by atoms with Gasteiger partial charge in [-0.1, -0.05) is 19.8 Å². The summed E-state index contributed by atoms with van der Waals surface area (Å²) in [6, 6.07) is 6.61. The first-order valence-electron chi connectivity index (χ1n) is 11.3. The zero-order chi connectivity index (χ0) is 22.0. The Kier molecular flexibility index (Phi) is 6.25. The van der Waals surface area contributed by atoms with Crippen molar-refractivity contribution >= 4 is 35.1 Å². The number of benzene rings is 1. The van der Waals surface area contributed by atoms with E-state index in [1.165, 1.54) is 19.3 Å². The van der Waals surface area contributed by atoms with Gasteiger partial charge in [-0.3, -0.25) is 19.3 Å². The van der Waals surface area contributed by atoms with Gasteiger partial charge in [0, 0.05) is 30.5 Å². The maximum Gasteiger partial charge on any atom is 0.334 e. The van der Waals surface area contributed by atoms with E-state index in [2.05, 4.69) is 10.2 Å². The minimum atomic E-state index is -0.918. The van der Waals surface area contributed by atoms with Crippen LogP contribution in [0.2, 0.25) is 0 Å². The summed E-state index contributed by atoms with van der Waals surface area (Å²) < 4.78 is 0. The number of hydrogen-bond donors (Lipinski definition) is 1. The molecule has 3 fully saturated rings. The minimum absolute atomic E-state index is 0.154. The Hall–Kier alpha value is -2.90. The molecule has 5 amide bonds. The van der Waals surface area contributed by atoms with Crippen LogP contribution < -0.4 is 10.2 Å². The van der Waals surface area contributed by atoms with Crippen molar-refractivity contribution < 1.29 is 19.2 Å². The van der Waals surface area contributed by atoms with E-state index < -0.39 is 30.3 Å². The number of carbonyl (C=O) groups excluding carboxylic acids is 4. The number of anilines is 2. The maximum absolute atomic E-state index is 12.8. The van der Waals surface area contributed by atoms with E-state index in [4.69, 9.17) is 0 Å². The number of nitrogens with zero attached hydrogens (tertiary/aromatic N) is 3. The molecule has 0 aromatic heterocycles. The predicted octanol–water partition coefficient (Wildman–Crippen LogP) is 2.98. The molecule has 1 aromatic carbocycles. The number of hydrogen-bond acceptors (Lipinski definition) is 5. The lowest BCUT2D eigenvalue weighted by atomic mass is 9.85. The first kappa shape index (κ1) is 21.3. The number of amides is 5. The summed E-state index contributed by atoms with van der Waals surface area (Å²) >= 11 is 0. The average Bonchev–Trinajstić information content (AvgIpc) is 2.98. The molecule has 8 heteroatoms. The fourth-order valence-electron chi connectivity index (χ4n) is 4.89. The van der Waals surface area contributed by atoms with Gasteiger partial charge in [0.15, 0.2) is 0 Å². The molecule has 0 radical (unpaired) electrons. The van der Waals surface area contributed by atoms with Crippen LogP contribution in [0.15, 0.2) is 24.3 Å². The minimum Gasteiger partial charge on any atom is -0.372 e. The molecule has 2 saturated heterocycles. The van der Waals surface area contributed by atoms with Crippen LogP contribution in [0.1, 0.15) is 51.9 Å². The third-order valence-corrected chi connectivity index (χ3v) is 6.66. The van der Waals surface area contributed by atoms with E-state index >= 15 is 0 Å². The Morgan fingerprint density at radius 1 is 0.935 bits per heavy atom. The number of nitrogens with one attached hydrogen (secondary N) is 1. The second-order valence-electron chi connectivity index (χ2n) is 8.82. The number of carbonyl (C=O) groups is 4. The van der Waals surface area contributed by atoms with Gasteiger partial charge in [0.25, 0.3) is 0 Å². The van der Waals surface area contributed by atoms with E-state index in [9.17, 15) is 19.2 Å². The van der Waals surface area contributed by atoms with Gasteiger partial charge in [-0.05, 0) is 62.3 Å². The standard InChI is InChI=1S/C23H30N4O4/c1-16-7-3-4-8-19(16)27-22(30)21(29)26(23(27)31)15-20(28)24-17-9-11-18(12-10-17)25-13-5-2-6-14-25/h9-12,16,19H,2-8,13-15H2,1H3,(H,24,28)/t16-,19+/m1/s1. The molecule has 2 heterocycles. The fraction of sp³-hybridized carbons (Fsp3) is 0.565. The monoisotopic (exact) mass is 426 g/mol. The first-order valence-corrected chi connectivity index (χ1v) is 11.3. The molecule has 4 rings (SSSR count). The highest BCUT2D eigenvalue weighted by molar-refractivity contribution is 6.45. The van der Waals surface area contributed by atoms with E-state index in [1.54, 1.807) is 0 Å². The normalized spacial score (nSPS) is 24.7. The summed E-state index contributed by atoms with van der Waals surface area (Å²) in [5, 5.41) is 2.72. The van der Waals surface area contributed by atoms with Crippen LogP contribution in [0.25, 0.3) is 0 Å². The van der Waals surface area contributed by atoms with Crippen molar-refractivity contribution in [3.05, 3.63) is 24.3 Å². The highest BCUT2D eigenvalue weighted by Crippen LogP contribution is 2.31. The molecule has 166 valence electrons. The highest BCUT2D eigenvalue weighted by Gasteiger charge is 2.49. The van der Waals surface area contributed by atoms with Crippen LogP contribution in [0.4, 0.5) is 16.2 Å². The van der Waals surface area contributed by atoms with Gasteiger partial charge in [-0.25, -0.2) is 9.69 Å². The molecule has 31 heavy (non-hydrogen) atoms. The molecule has 1 saturated carbocycles. The van der Waals surface area contributed by atoms with Crippen molar-refractivity contribution in [3.63, 3.8) is 0 Å². The summed E-state index contributed by atoms with van der Waals surface area (Å²) in [6.07, 6.45) is 7.24. The summed E-state index contributed by atoms with van der Waals surface area (Å²) in [6.45, 7) is 3.61. The number of imide groups is 2. The lowest BCUT2D eigenvalue weighted by Crippen LogP contribution is -2.46. The third kappa shape index (κ3) is 4.43. The zero-order valence-electron chi connectivity index (χ0n) is 18.0. The molecule has 0 spiro atoms. The second kappa shape index (κ2) is 9.08. The van der Waals surface area contributed by atoms with Crippen LogP contribution in [-0.2, 0) is 14.4 Å². The van der Waals surface area contributed by atoms with E-state index in [-0.39, 0.29) is 12.0 Å². The summed E-state index contributed by atoms with van der Waals surface area (Å²) in [7, 11) is 0. The van der Waals surface area contributed by atoms with Gasteiger partial charge in [0.05, 0.1) is 0 Å². The fourth-order valence-corrected chi connectivity index (χ4v) is 4.89. The van der Waals surface area contributed by atoms with E-state index in [0.29, 0.717) is 12.1 Å². The molecule has 1 aliphatic carbocycles. The third-order valence-electron chi connectivity index (χ3n) is 6.66. The maximum atomic E-state index is 12.8. The van der Waals surface area contributed by atoms with Gasteiger partial charge in [-0.15, -0.1) is 0 Å². The molecule has 1 N–H and O–H groups in total. The van der Waals surface area contributed by atoms with Crippen molar-refractivity contribution in [2.75, 3.05) is 29.9 Å². The van der Waals surface area contributed by atoms with Crippen molar-refractivity contribution in [2.24, 2.45) is 5.92 Å². The number of rotatable bonds is 5. The lowest BCUT2D eigenvalue weighted by molar-refractivity contribution is -0.145. The average molecular weight is 427 g/mol. The predicted molar refractivity (Wildman–Crippen MR) is 117 cm³/mol. The molecule has 3 aliphatic rings. The Morgan fingerprint density at radius 3 is 2.29 bits per heavy atom. The molecule has 1 aromatic rings. The van der Waals surface area contributed by atoms with Crippen LogP contribution in [-0.4, -0.2) is 59.2 Å². The van der Waals surface area contributed by atoms with Crippen LogP contribution in [0.3, 0.4) is 0 Å². The van der Waals surface area contributed by atoms with Crippen LogP contribution in [0.5, 0.6) is 0 Å². The van der Waals surface area contributed by atoms with Crippen molar-refractivity contribution in [1.29, 1.82) is 0 Å². The van der Waals surface area contributed by atoms with Crippen molar-refractivity contribution in [1.82, 2.24) is 9.80 Å². The van der Waals surface area contributed by atoms with Gasteiger partial charge in [0.2, 0.25) is 5.91 Å². The van der Waals surface area contributed by atoms with Gasteiger partial charge < -0.3 is 10.2 Å². The summed E-state index contributed by atoms with van der Waals surface area (Å²) in [5.74, 6) is -2.08.